The monoisotopic (exact) mass is 399 g/mol. The number of thioether (sulfide) groups is 1. The van der Waals surface area contributed by atoms with E-state index in [1.54, 1.807) is 34.6 Å². The molecule has 0 bridgehead atoms. The SMILES string of the molecule is O=C(Nc1c2c(nn1-c1cccc(Cl)c1)CSC2)c1ccc2c(c1)OCO2. The molecule has 2 aliphatic heterocycles. The number of hydrogen-bond donors (Lipinski definition) is 1. The van der Waals surface area contributed by atoms with E-state index in [1.807, 2.05) is 24.3 Å². The van der Waals surface area contributed by atoms with Crippen LogP contribution < -0.4 is 14.8 Å². The van der Waals surface area contributed by atoms with Crippen LogP contribution in [0.15, 0.2) is 42.5 Å². The van der Waals surface area contributed by atoms with Gasteiger partial charge in [0.1, 0.15) is 5.82 Å². The first-order valence-corrected chi connectivity index (χ1v) is 9.88. The third-order valence-corrected chi connectivity index (χ3v) is 5.68. The Labute approximate surface area is 164 Å². The van der Waals surface area contributed by atoms with Gasteiger partial charge in [-0.25, -0.2) is 4.68 Å². The summed E-state index contributed by atoms with van der Waals surface area (Å²) in [7, 11) is 0. The number of amides is 1. The first-order valence-electron chi connectivity index (χ1n) is 8.34. The number of benzene rings is 2. The highest BCUT2D eigenvalue weighted by Crippen LogP contribution is 2.37. The molecule has 0 saturated heterocycles. The minimum Gasteiger partial charge on any atom is -0.454 e. The van der Waals surface area contributed by atoms with E-state index in [0.717, 1.165) is 28.5 Å². The number of carbonyl (C=O) groups is 1. The predicted molar refractivity (Wildman–Crippen MR) is 104 cm³/mol. The Morgan fingerprint density at radius 3 is 2.93 bits per heavy atom. The zero-order chi connectivity index (χ0) is 18.4. The van der Waals surface area contributed by atoms with Crippen LogP contribution in [0.2, 0.25) is 5.02 Å². The Morgan fingerprint density at radius 2 is 2.04 bits per heavy atom. The zero-order valence-corrected chi connectivity index (χ0v) is 15.6. The lowest BCUT2D eigenvalue weighted by atomic mass is 10.2. The predicted octanol–water partition coefficient (Wildman–Crippen LogP) is 4.25. The van der Waals surface area contributed by atoms with Gasteiger partial charge in [-0.2, -0.15) is 16.9 Å². The molecular weight excluding hydrogens is 386 g/mol. The van der Waals surface area contributed by atoms with E-state index in [1.165, 1.54) is 0 Å². The van der Waals surface area contributed by atoms with Crippen LogP contribution in [0.4, 0.5) is 5.82 Å². The van der Waals surface area contributed by atoms with Gasteiger partial charge in [0.2, 0.25) is 6.79 Å². The summed E-state index contributed by atoms with van der Waals surface area (Å²) >= 11 is 7.92. The van der Waals surface area contributed by atoms with Crippen LogP contribution in [0.25, 0.3) is 5.69 Å². The minimum absolute atomic E-state index is 0.173. The van der Waals surface area contributed by atoms with E-state index >= 15 is 0 Å². The molecule has 0 fully saturated rings. The van der Waals surface area contributed by atoms with Crippen LogP contribution in [0.3, 0.4) is 0 Å². The number of rotatable bonds is 3. The summed E-state index contributed by atoms with van der Waals surface area (Å²) in [5.41, 5.74) is 3.34. The summed E-state index contributed by atoms with van der Waals surface area (Å²) < 4.78 is 12.4. The van der Waals surface area contributed by atoms with Crippen LogP contribution in [0.5, 0.6) is 11.5 Å². The summed E-state index contributed by atoms with van der Waals surface area (Å²) in [6.45, 7) is 0.173. The van der Waals surface area contributed by atoms with Gasteiger partial charge in [0, 0.05) is 27.7 Å². The number of nitrogens with zero attached hydrogens (tertiary/aromatic N) is 2. The van der Waals surface area contributed by atoms with Gasteiger partial charge in [0.05, 0.1) is 11.4 Å². The van der Waals surface area contributed by atoms with Crippen LogP contribution in [-0.2, 0) is 11.5 Å². The molecule has 0 unspecified atom stereocenters. The Balaban J connectivity index is 1.52. The molecular formula is C19H14ClN3O3S. The summed E-state index contributed by atoms with van der Waals surface area (Å²) in [4.78, 5) is 12.9. The first-order chi connectivity index (χ1) is 13.2. The van der Waals surface area contributed by atoms with Gasteiger partial charge in [-0.15, -0.1) is 0 Å². The average Bonchev–Trinajstić information content (AvgIpc) is 3.38. The van der Waals surface area contributed by atoms with E-state index in [2.05, 4.69) is 10.4 Å². The number of anilines is 1. The van der Waals surface area contributed by atoms with Crippen molar-refractivity contribution in [2.45, 2.75) is 11.5 Å². The largest absolute Gasteiger partial charge is 0.454 e. The van der Waals surface area contributed by atoms with Crippen molar-refractivity contribution < 1.29 is 14.3 Å². The topological polar surface area (TPSA) is 65.4 Å². The molecule has 0 radical (unpaired) electrons. The number of halogens is 1. The fraction of sp³-hybridized carbons (Fsp3) is 0.158. The van der Waals surface area contributed by atoms with Crippen LogP contribution in [0.1, 0.15) is 21.6 Å². The molecule has 0 spiro atoms. The van der Waals surface area contributed by atoms with Gasteiger partial charge >= 0.3 is 0 Å². The zero-order valence-electron chi connectivity index (χ0n) is 14.1. The highest BCUT2D eigenvalue weighted by atomic mass is 35.5. The molecule has 0 aliphatic carbocycles. The molecule has 0 atom stereocenters. The van der Waals surface area contributed by atoms with Crippen LogP contribution in [0, 0.1) is 0 Å². The van der Waals surface area contributed by atoms with Crippen molar-refractivity contribution in [3.63, 3.8) is 0 Å². The van der Waals surface area contributed by atoms with Gasteiger partial charge in [0.25, 0.3) is 5.91 Å². The second-order valence-corrected chi connectivity index (χ2v) is 7.60. The molecule has 27 heavy (non-hydrogen) atoms. The highest BCUT2D eigenvalue weighted by molar-refractivity contribution is 7.98. The Hall–Kier alpha value is -2.64. The number of fused-ring (bicyclic) bond motifs is 2. The molecule has 2 aliphatic rings. The molecule has 2 aromatic carbocycles. The third-order valence-electron chi connectivity index (χ3n) is 4.47. The van der Waals surface area contributed by atoms with Crippen molar-refractivity contribution >= 4 is 35.1 Å². The average molecular weight is 400 g/mol. The minimum atomic E-state index is -0.226. The van der Waals surface area contributed by atoms with Gasteiger partial charge in [-0.1, -0.05) is 17.7 Å². The maximum Gasteiger partial charge on any atom is 0.256 e. The van der Waals surface area contributed by atoms with Gasteiger partial charge in [-0.3, -0.25) is 4.79 Å². The van der Waals surface area contributed by atoms with E-state index in [4.69, 9.17) is 21.1 Å². The first kappa shape index (κ1) is 16.5. The van der Waals surface area contributed by atoms with Gasteiger partial charge in [-0.05, 0) is 36.4 Å². The summed E-state index contributed by atoms with van der Waals surface area (Å²) in [5.74, 6) is 3.32. The smallest absolute Gasteiger partial charge is 0.256 e. The van der Waals surface area contributed by atoms with E-state index in [-0.39, 0.29) is 12.7 Å². The molecule has 8 heteroatoms. The van der Waals surface area contributed by atoms with E-state index < -0.39 is 0 Å². The van der Waals surface area contributed by atoms with E-state index in [9.17, 15) is 4.79 Å². The Kier molecular flexibility index (Phi) is 3.98. The molecule has 1 aromatic heterocycles. The molecule has 0 saturated carbocycles. The molecule has 5 rings (SSSR count). The van der Waals surface area contributed by atoms with Gasteiger partial charge < -0.3 is 14.8 Å². The maximum absolute atomic E-state index is 12.9. The number of ether oxygens (including phenoxy) is 2. The number of hydrogen-bond acceptors (Lipinski definition) is 5. The van der Waals surface area contributed by atoms with Crippen LogP contribution >= 0.6 is 23.4 Å². The quantitative estimate of drug-likeness (QED) is 0.713. The molecule has 1 amide bonds. The summed E-state index contributed by atoms with van der Waals surface area (Å²) in [5, 5.41) is 8.33. The molecule has 136 valence electrons. The second-order valence-electron chi connectivity index (χ2n) is 6.18. The van der Waals surface area contributed by atoms with Crippen molar-refractivity contribution in [2.75, 3.05) is 12.1 Å². The lowest BCUT2D eigenvalue weighted by Crippen LogP contribution is -2.16. The van der Waals surface area contributed by atoms with Crippen molar-refractivity contribution in [1.29, 1.82) is 0 Å². The van der Waals surface area contributed by atoms with Crippen molar-refractivity contribution in [1.82, 2.24) is 9.78 Å². The Morgan fingerprint density at radius 1 is 1.15 bits per heavy atom. The van der Waals surface area contributed by atoms with Gasteiger partial charge in [0.15, 0.2) is 11.5 Å². The van der Waals surface area contributed by atoms with Crippen LogP contribution in [-0.4, -0.2) is 22.5 Å². The second kappa shape index (κ2) is 6.51. The Bertz CT molecular complexity index is 1070. The molecule has 1 N–H and O–H groups in total. The normalized spacial score (nSPS) is 14.3. The van der Waals surface area contributed by atoms with Crippen molar-refractivity contribution in [2.24, 2.45) is 0 Å². The molecule has 6 nitrogen and oxygen atoms in total. The maximum atomic E-state index is 12.9. The van der Waals surface area contributed by atoms with E-state index in [0.29, 0.717) is 27.9 Å². The third kappa shape index (κ3) is 2.93. The molecule has 3 aromatic rings. The van der Waals surface area contributed by atoms with Crippen molar-refractivity contribution in [3.05, 3.63) is 64.3 Å². The highest BCUT2D eigenvalue weighted by Gasteiger charge is 2.25. The number of nitrogens with one attached hydrogen (secondary N) is 1. The summed E-state index contributed by atoms with van der Waals surface area (Å²) in [6, 6.07) is 12.6. The lowest BCUT2D eigenvalue weighted by Gasteiger charge is -2.11. The summed E-state index contributed by atoms with van der Waals surface area (Å²) in [6.07, 6.45) is 0. The number of aromatic nitrogens is 2. The molecule has 3 heterocycles. The standard InChI is InChI=1S/C19H14ClN3O3S/c20-12-2-1-3-13(7-12)23-18(14-8-27-9-15(14)22-23)21-19(24)11-4-5-16-17(6-11)26-10-25-16/h1-7H,8-10H2,(H,21,24). The van der Waals surface area contributed by atoms with Crippen molar-refractivity contribution in [3.8, 4) is 17.2 Å². The fourth-order valence-electron chi connectivity index (χ4n) is 3.15. The lowest BCUT2D eigenvalue weighted by molar-refractivity contribution is 0.102. The fourth-order valence-corrected chi connectivity index (χ4v) is 4.37. The number of carbonyl (C=O) groups excluding carboxylic acids is 1.